The van der Waals surface area contributed by atoms with Gasteiger partial charge in [-0.15, -0.1) is 0 Å². The fourth-order valence-corrected chi connectivity index (χ4v) is 4.90. The van der Waals surface area contributed by atoms with Gasteiger partial charge in [0.25, 0.3) is 5.91 Å². The summed E-state index contributed by atoms with van der Waals surface area (Å²) in [6, 6.07) is 9.35. The summed E-state index contributed by atoms with van der Waals surface area (Å²) < 4.78 is 9.91. The molecule has 0 unspecified atom stereocenters. The van der Waals surface area contributed by atoms with Crippen molar-refractivity contribution in [1.82, 2.24) is 15.2 Å². The molecule has 2 heterocycles. The molecule has 0 atom stereocenters. The monoisotopic (exact) mass is 525 g/mol. The van der Waals surface area contributed by atoms with Crippen LogP contribution in [-0.2, 0) is 16.0 Å². The first-order chi connectivity index (χ1) is 18.3. The molecule has 2 saturated carbocycles. The summed E-state index contributed by atoms with van der Waals surface area (Å²) in [4.78, 5) is 40.3. The Hall–Kier alpha value is -3.13. The second-order valence-electron chi connectivity index (χ2n) is 10.3. The Labute approximate surface area is 226 Å². The summed E-state index contributed by atoms with van der Waals surface area (Å²) in [6.45, 7) is 8.24. The number of amides is 2. The van der Waals surface area contributed by atoms with Gasteiger partial charge in [0.15, 0.2) is 5.43 Å². The normalized spacial score (nSPS) is 20.6. The van der Waals surface area contributed by atoms with Crippen molar-refractivity contribution in [2.75, 3.05) is 27.3 Å². The van der Waals surface area contributed by atoms with Gasteiger partial charge in [-0.05, 0) is 62.3 Å². The number of pyridine rings is 1. The van der Waals surface area contributed by atoms with Crippen LogP contribution in [0.2, 0.25) is 0 Å². The molecule has 8 nitrogen and oxygen atoms in total. The lowest BCUT2D eigenvalue weighted by Gasteiger charge is -2.33. The Kier molecular flexibility index (Phi) is 10.5. The van der Waals surface area contributed by atoms with Crippen LogP contribution in [-0.4, -0.2) is 55.3 Å². The van der Waals surface area contributed by atoms with E-state index in [1.54, 1.807) is 13.3 Å². The van der Waals surface area contributed by atoms with Crippen LogP contribution in [0.3, 0.4) is 0 Å². The average molecular weight is 526 g/mol. The maximum atomic E-state index is 12.2. The molecular formula is C30H43N3O5. The highest BCUT2D eigenvalue weighted by atomic mass is 16.5. The molecule has 1 aromatic carbocycles. The van der Waals surface area contributed by atoms with Crippen molar-refractivity contribution in [3.05, 3.63) is 69.1 Å². The van der Waals surface area contributed by atoms with E-state index < -0.39 is 0 Å². The molecule has 3 aliphatic rings. The lowest BCUT2D eigenvalue weighted by atomic mass is 9.78. The number of hydrogen-bond acceptors (Lipinski definition) is 5. The Balaban J connectivity index is 0.000000238. The number of benzene rings is 1. The molecule has 2 aliphatic carbocycles. The number of nitrogens with one attached hydrogen (secondary N) is 2. The van der Waals surface area contributed by atoms with Gasteiger partial charge >= 0.3 is 6.09 Å². The van der Waals surface area contributed by atoms with E-state index >= 15 is 0 Å². The quantitative estimate of drug-likeness (QED) is 0.562. The molecule has 2 amide bonds. The average Bonchev–Trinajstić information content (AvgIpc) is 3.68. The summed E-state index contributed by atoms with van der Waals surface area (Å²) >= 11 is 0. The number of methoxy groups -OCH3 is 2. The van der Waals surface area contributed by atoms with Gasteiger partial charge in [0.1, 0.15) is 5.69 Å². The number of aromatic nitrogens is 1. The minimum atomic E-state index is -0.275. The number of aromatic amines is 1. The van der Waals surface area contributed by atoms with Gasteiger partial charge in [0.2, 0.25) is 0 Å². The number of likely N-dealkylation sites (tertiary alicyclic amines) is 1. The first-order valence-electron chi connectivity index (χ1n) is 13.7. The summed E-state index contributed by atoms with van der Waals surface area (Å²) in [6.07, 6.45) is 8.59. The van der Waals surface area contributed by atoms with Crippen molar-refractivity contribution in [2.24, 2.45) is 5.41 Å². The minimum absolute atomic E-state index is 0.0891. The Morgan fingerprint density at radius 1 is 1.05 bits per heavy atom. The highest BCUT2D eigenvalue weighted by molar-refractivity contribution is 5.92. The molecule has 3 fully saturated rings. The summed E-state index contributed by atoms with van der Waals surface area (Å²) in [5, 5.41) is 2.83. The van der Waals surface area contributed by atoms with Crippen LogP contribution < -0.4 is 10.7 Å². The fourth-order valence-electron chi connectivity index (χ4n) is 4.90. The zero-order chi connectivity index (χ0) is 27.7. The first-order valence-corrected chi connectivity index (χ1v) is 13.7. The standard InChI is InChI=1S/C19H22N2O3.C9H15NO2.C2H6/c1-12-3-5-13(6-4-12)10-21-19(23)17-9-18(22)16(11-20-17)14-7-15(8-14)24-2;1-12-8(11)10-6-4-9(2-3-9)5-7-10;1-2/h3-6,9,11,14-15H,7-8,10H2,1-2H3,(H,20,22)(H,21,23);2-7H2,1H3;1-2H3. The molecule has 1 saturated heterocycles. The van der Waals surface area contributed by atoms with E-state index in [4.69, 9.17) is 4.74 Å². The van der Waals surface area contributed by atoms with Gasteiger partial charge < -0.3 is 24.7 Å². The molecule has 8 heteroatoms. The third-order valence-corrected chi connectivity index (χ3v) is 7.84. The van der Waals surface area contributed by atoms with Crippen molar-refractivity contribution < 1.29 is 19.1 Å². The van der Waals surface area contributed by atoms with Crippen molar-refractivity contribution in [2.45, 2.75) is 77.9 Å². The number of hydrogen-bond donors (Lipinski definition) is 2. The van der Waals surface area contributed by atoms with E-state index in [2.05, 4.69) is 15.0 Å². The second-order valence-corrected chi connectivity index (χ2v) is 10.3. The number of aryl methyl sites for hydroxylation is 1. The van der Waals surface area contributed by atoms with E-state index in [0.717, 1.165) is 37.1 Å². The van der Waals surface area contributed by atoms with Crippen molar-refractivity contribution in [3.8, 4) is 0 Å². The minimum Gasteiger partial charge on any atom is -0.453 e. The van der Waals surface area contributed by atoms with Crippen molar-refractivity contribution >= 4 is 12.0 Å². The number of carbonyl (C=O) groups is 2. The van der Waals surface area contributed by atoms with Crippen LogP contribution in [0, 0.1) is 12.3 Å². The lowest BCUT2D eigenvalue weighted by molar-refractivity contribution is 0.0254. The Morgan fingerprint density at radius 2 is 1.68 bits per heavy atom. The maximum Gasteiger partial charge on any atom is 0.409 e. The molecule has 5 rings (SSSR count). The van der Waals surface area contributed by atoms with Crippen LogP contribution in [0.4, 0.5) is 4.79 Å². The predicted octanol–water partition coefficient (Wildman–Crippen LogP) is 5.16. The molecule has 0 radical (unpaired) electrons. The van der Waals surface area contributed by atoms with Gasteiger partial charge in [0, 0.05) is 44.6 Å². The van der Waals surface area contributed by atoms with Crippen LogP contribution in [0.1, 0.15) is 85.5 Å². The Bertz CT molecular complexity index is 1110. The number of nitrogens with zero attached hydrogens (tertiary/aromatic N) is 1. The fraction of sp³-hybridized carbons (Fsp3) is 0.567. The van der Waals surface area contributed by atoms with Crippen molar-refractivity contribution in [1.29, 1.82) is 0 Å². The summed E-state index contributed by atoms with van der Waals surface area (Å²) in [5.74, 6) is -0.0500. The van der Waals surface area contributed by atoms with E-state index in [-0.39, 0.29) is 29.5 Å². The number of H-pyrrole nitrogens is 1. The largest absolute Gasteiger partial charge is 0.453 e. The number of carbonyl (C=O) groups excluding carboxylic acids is 2. The maximum absolute atomic E-state index is 12.2. The molecular weight excluding hydrogens is 482 g/mol. The van der Waals surface area contributed by atoms with Crippen molar-refractivity contribution in [3.63, 3.8) is 0 Å². The molecule has 2 N–H and O–H groups in total. The Morgan fingerprint density at radius 3 is 2.21 bits per heavy atom. The van der Waals surface area contributed by atoms with Crippen LogP contribution in [0.5, 0.6) is 0 Å². The molecule has 38 heavy (non-hydrogen) atoms. The molecule has 1 aromatic heterocycles. The second kappa shape index (κ2) is 13.6. The zero-order valence-corrected chi connectivity index (χ0v) is 23.5. The molecule has 2 aromatic rings. The lowest BCUT2D eigenvalue weighted by Crippen LogP contribution is -2.38. The third kappa shape index (κ3) is 7.69. The number of rotatable bonds is 5. The van der Waals surface area contributed by atoms with E-state index in [0.29, 0.717) is 17.7 Å². The van der Waals surface area contributed by atoms with Gasteiger partial charge in [0.05, 0.1) is 13.2 Å². The molecule has 1 spiro atoms. The van der Waals surface area contributed by atoms with E-state index in [1.165, 1.54) is 44.4 Å². The summed E-state index contributed by atoms with van der Waals surface area (Å²) in [7, 11) is 3.14. The van der Waals surface area contributed by atoms with Crippen LogP contribution in [0.15, 0.2) is 41.3 Å². The molecule has 1 aliphatic heterocycles. The van der Waals surface area contributed by atoms with E-state index in [9.17, 15) is 14.4 Å². The highest BCUT2D eigenvalue weighted by Crippen LogP contribution is 2.53. The topological polar surface area (TPSA) is 101 Å². The smallest absolute Gasteiger partial charge is 0.409 e. The number of ether oxygens (including phenoxy) is 2. The van der Waals surface area contributed by atoms with Gasteiger partial charge in [-0.3, -0.25) is 9.59 Å². The van der Waals surface area contributed by atoms with Gasteiger partial charge in [-0.1, -0.05) is 43.7 Å². The third-order valence-electron chi connectivity index (χ3n) is 7.84. The zero-order valence-electron chi connectivity index (χ0n) is 23.5. The van der Waals surface area contributed by atoms with Gasteiger partial charge in [-0.2, -0.15) is 0 Å². The van der Waals surface area contributed by atoms with Crippen LogP contribution in [0.25, 0.3) is 0 Å². The first kappa shape index (κ1) is 29.4. The molecule has 0 bridgehead atoms. The van der Waals surface area contributed by atoms with Crippen LogP contribution >= 0.6 is 0 Å². The highest BCUT2D eigenvalue weighted by Gasteiger charge is 2.45. The summed E-state index contributed by atoms with van der Waals surface area (Å²) in [5.41, 5.74) is 3.78. The number of piperidine rings is 1. The SMILES string of the molecule is CC.COC(=O)N1CCC2(CC1)CC2.COC1CC(c2c[nH]c(C(=O)NCc3ccc(C)cc3)cc2=O)C1. The predicted molar refractivity (Wildman–Crippen MR) is 148 cm³/mol. The van der Waals surface area contributed by atoms with Gasteiger partial charge in [-0.25, -0.2) is 4.79 Å². The molecule has 208 valence electrons. The van der Waals surface area contributed by atoms with E-state index in [1.807, 2.05) is 49.9 Å².